The molecule has 0 spiro atoms. The van der Waals surface area contributed by atoms with Gasteiger partial charge in [0.2, 0.25) is 47.3 Å². The maximum absolute atomic E-state index is 13.6. The molecule has 0 heterocycles. The average molecular weight is 933 g/mol. The highest BCUT2D eigenvalue weighted by Gasteiger charge is 2.34. The number of hydrogen-bond acceptors (Lipinski definition) is 12. The Morgan fingerprint density at radius 3 is 1.73 bits per heavy atom. The Morgan fingerprint density at radius 1 is 0.606 bits per heavy atom. The van der Waals surface area contributed by atoms with E-state index in [0.717, 1.165) is 5.56 Å². The monoisotopic (exact) mass is 933 g/mol. The predicted molar refractivity (Wildman–Crippen MR) is 243 cm³/mol. The minimum atomic E-state index is -1.47. The molecule has 0 aliphatic rings. The van der Waals surface area contributed by atoms with Gasteiger partial charge in [0.1, 0.15) is 36.3 Å². The minimum absolute atomic E-state index is 0.0284. The van der Waals surface area contributed by atoms with Crippen LogP contribution in [0, 0.1) is 17.8 Å². The molecule has 0 bridgehead atoms. The van der Waals surface area contributed by atoms with Gasteiger partial charge in [-0.1, -0.05) is 78.3 Å². The number of carbonyl (C=O) groups is 10. The molecular weight excluding hydrogens is 861 g/mol. The fourth-order valence-corrected chi connectivity index (χ4v) is 6.41. The van der Waals surface area contributed by atoms with Crippen molar-refractivity contribution >= 4 is 59.2 Å². The van der Waals surface area contributed by atoms with Crippen LogP contribution in [0.15, 0.2) is 30.3 Å². The van der Waals surface area contributed by atoms with E-state index in [4.69, 9.17) is 11.5 Å². The lowest BCUT2D eigenvalue weighted by molar-refractivity contribution is -0.144. The van der Waals surface area contributed by atoms with Gasteiger partial charge in [0, 0.05) is 6.42 Å². The maximum Gasteiger partial charge on any atom is 0.326 e. The first kappa shape index (κ1) is 57.9. The van der Waals surface area contributed by atoms with Crippen LogP contribution in [0.1, 0.15) is 99.0 Å². The molecule has 1 rings (SSSR count). The fraction of sp³-hybridized carbons (Fsp3) is 0.636. The van der Waals surface area contributed by atoms with Crippen molar-refractivity contribution in [2.75, 3.05) is 19.6 Å². The van der Waals surface area contributed by atoms with Crippen LogP contribution in [0.5, 0.6) is 0 Å². The number of nitrogens with two attached hydrogens (primary N) is 2. The summed E-state index contributed by atoms with van der Waals surface area (Å²) in [5.74, 6) is -9.71. The molecule has 0 saturated heterocycles. The molecule has 0 aliphatic carbocycles. The molecule has 8 amide bonds. The molecule has 0 saturated carbocycles. The van der Waals surface area contributed by atoms with Crippen molar-refractivity contribution in [2.45, 2.75) is 142 Å². The molecule has 1 aromatic carbocycles. The van der Waals surface area contributed by atoms with Gasteiger partial charge in [0.25, 0.3) is 0 Å². The molecule has 1 aromatic rings. The Hall–Kier alpha value is -6.16. The third kappa shape index (κ3) is 22.2. The summed E-state index contributed by atoms with van der Waals surface area (Å²) in [6.07, 6.45) is 1.10. The Labute approximate surface area is 386 Å². The van der Waals surface area contributed by atoms with Gasteiger partial charge >= 0.3 is 11.9 Å². The first-order chi connectivity index (χ1) is 31.0. The van der Waals surface area contributed by atoms with E-state index < -0.39 is 139 Å². The van der Waals surface area contributed by atoms with E-state index in [1.807, 2.05) is 44.2 Å². The Morgan fingerprint density at radius 2 is 1.17 bits per heavy atom. The standard InChI is InChI=1S/C44H72N10O12/c1-8-26(6)37(44(65)66)54-43(64)36(25(4)5)53-41(62)31(17-18-35(57)58)50-34(56)23-47-33(55)22-48-38(59)27(7)49-40(61)30(16-12-13-19-45)51-42(63)32(20-24(2)3)52-39(60)29(46)21-28-14-10-9-11-15-28/h9-11,14-15,24-27,29-32,36-37H,8,12-13,16-23,45-46H2,1-7H3,(H,47,55)(H,48,59)(H,49,61)(H,50,56)(H,51,63)(H,52,60)(H,53,62)(H,54,64)(H,57,58)(H,65,66)/t26-,27-,29-,30-,31-,32-,36-,37-/m0/s1. The zero-order chi connectivity index (χ0) is 50.1. The molecule has 8 atom stereocenters. The molecule has 14 N–H and O–H groups in total. The summed E-state index contributed by atoms with van der Waals surface area (Å²) < 4.78 is 0. The van der Waals surface area contributed by atoms with Crippen LogP contribution in [-0.4, -0.2) is 131 Å². The van der Waals surface area contributed by atoms with Crippen LogP contribution >= 0.6 is 0 Å². The number of hydrogen-bond donors (Lipinski definition) is 12. The number of amides is 8. The zero-order valence-corrected chi connectivity index (χ0v) is 39.1. The summed E-state index contributed by atoms with van der Waals surface area (Å²) in [5, 5.41) is 38.6. The SMILES string of the molecule is CC[C@H](C)[C@H](NC(=O)[C@@H](NC(=O)[C@H](CCC(=O)O)NC(=O)CNC(=O)CNC(=O)[C@H](C)NC(=O)[C@H](CCCCN)NC(=O)[C@H](CC(C)C)NC(=O)[C@@H](N)Cc1ccccc1)C(C)C)C(=O)O. The molecule has 66 heavy (non-hydrogen) atoms. The third-order valence-electron chi connectivity index (χ3n) is 10.5. The van der Waals surface area contributed by atoms with Crippen LogP contribution in [-0.2, 0) is 54.4 Å². The average Bonchev–Trinajstić information content (AvgIpc) is 3.25. The van der Waals surface area contributed by atoms with Crippen molar-refractivity contribution in [1.29, 1.82) is 0 Å². The normalized spacial score (nSPS) is 14.7. The van der Waals surface area contributed by atoms with Crippen LogP contribution in [0.25, 0.3) is 0 Å². The molecular formula is C44H72N10O12. The summed E-state index contributed by atoms with van der Waals surface area (Å²) in [6.45, 7) is 10.6. The van der Waals surface area contributed by atoms with E-state index in [2.05, 4.69) is 42.5 Å². The third-order valence-corrected chi connectivity index (χ3v) is 10.5. The Balaban J connectivity index is 2.89. The number of nitrogens with one attached hydrogen (secondary N) is 8. The van der Waals surface area contributed by atoms with Crippen molar-refractivity contribution in [3.8, 4) is 0 Å². The quantitative estimate of drug-likeness (QED) is 0.0379. The van der Waals surface area contributed by atoms with Gasteiger partial charge in [-0.3, -0.25) is 43.2 Å². The van der Waals surface area contributed by atoms with Gasteiger partial charge in [0.15, 0.2) is 0 Å². The molecule has 370 valence electrons. The maximum atomic E-state index is 13.6. The second kappa shape index (κ2) is 30.1. The highest BCUT2D eigenvalue weighted by Crippen LogP contribution is 2.12. The molecule has 0 aromatic heterocycles. The van der Waals surface area contributed by atoms with Crippen molar-refractivity contribution in [3.63, 3.8) is 0 Å². The highest BCUT2D eigenvalue weighted by atomic mass is 16.4. The van der Waals surface area contributed by atoms with E-state index in [1.165, 1.54) is 6.92 Å². The number of benzene rings is 1. The number of carboxylic acid groups (broad SMARTS) is 2. The predicted octanol–water partition coefficient (Wildman–Crippen LogP) is -1.46. The van der Waals surface area contributed by atoms with Gasteiger partial charge in [0.05, 0.1) is 19.1 Å². The second-order valence-corrected chi connectivity index (χ2v) is 17.1. The summed E-state index contributed by atoms with van der Waals surface area (Å²) in [7, 11) is 0. The molecule has 0 unspecified atom stereocenters. The second-order valence-electron chi connectivity index (χ2n) is 17.1. The van der Waals surface area contributed by atoms with Crippen molar-refractivity contribution in [1.82, 2.24) is 42.5 Å². The van der Waals surface area contributed by atoms with E-state index in [0.29, 0.717) is 25.8 Å². The lowest BCUT2D eigenvalue weighted by atomic mass is 9.97. The summed E-state index contributed by atoms with van der Waals surface area (Å²) >= 11 is 0. The lowest BCUT2D eigenvalue weighted by Crippen LogP contribution is -2.58. The van der Waals surface area contributed by atoms with Gasteiger partial charge in [-0.05, 0) is 75.3 Å². The zero-order valence-electron chi connectivity index (χ0n) is 39.1. The molecule has 0 radical (unpaired) electrons. The Kier molecular flexibility index (Phi) is 26.4. The lowest BCUT2D eigenvalue weighted by Gasteiger charge is -2.28. The van der Waals surface area contributed by atoms with Crippen LogP contribution in [0.3, 0.4) is 0 Å². The van der Waals surface area contributed by atoms with Gasteiger partial charge in [-0.15, -0.1) is 0 Å². The molecule has 22 nitrogen and oxygen atoms in total. The van der Waals surface area contributed by atoms with E-state index >= 15 is 0 Å². The Bertz CT molecular complexity index is 1800. The van der Waals surface area contributed by atoms with Crippen molar-refractivity contribution in [3.05, 3.63) is 35.9 Å². The van der Waals surface area contributed by atoms with Crippen LogP contribution < -0.4 is 54.0 Å². The van der Waals surface area contributed by atoms with Gasteiger partial charge < -0.3 is 64.2 Å². The molecule has 0 fully saturated rings. The van der Waals surface area contributed by atoms with E-state index in [1.54, 1.807) is 27.7 Å². The van der Waals surface area contributed by atoms with Crippen LogP contribution in [0.2, 0.25) is 0 Å². The fourth-order valence-electron chi connectivity index (χ4n) is 6.41. The van der Waals surface area contributed by atoms with E-state index in [9.17, 15) is 58.2 Å². The summed E-state index contributed by atoms with van der Waals surface area (Å²) in [5.41, 5.74) is 12.7. The highest BCUT2D eigenvalue weighted by molar-refractivity contribution is 5.97. The first-order valence-electron chi connectivity index (χ1n) is 22.3. The smallest absolute Gasteiger partial charge is 0.326 e. The summed E-state index contributed by atoms with van der Waals surface area (Å²) in [6, 6.07) is 0.871. The number of rotatable bonds is 31. The minimum Gasteiger partial charge on any atom is -0.481 e. The number of carboxylic acids is 2. The number of unbranched alkanes of at least 4 members (excludes halogenated alkanes) is 1. The van der Waals surface area contributed by atoms with Crippen LogP contribution in [0.4, 0.5) is 0 Å². The van der Waals surface area contributed by atoms with Crippen molar-refractivity contribution < 1.29 is 58.2 Å². The van der Waals surface area contributed by atoms with Gasteiger partial charge in [-0.25, -0.2) is 4.79 Å². The first-order valence-corrected chi connectivity index (χ1v) is 22.3. The number of aliphatic carboxylic acids is 2. The largest absolute Gasteiger partial charge is 0.481 e. The van der Waals surface area contributed by atoms with Gasteiger partial charge in [-0.2, -0.15) is 0 Å². The number of carbonyl (C=O) groups excluding carboxylic acids is 8. The summed E-state index contributed by atoms with van der Waals surface area (Å²) in [4.78, 5) is 128. The molecule has 0 aliphatic heterocycles. The van der Waals surface area contributed by atoms with E-state index in [-0.39, 0.29) is 25.2 Å². The molecule has 22 heteroatoms. The topological polar surface area (TPSA) is 359 Å². The van der Waals surface area contributed by atoms with Crippen molar-refractivity contribution in [2.24, 2.45) is 29.2 Å².